The van der Waals surface area contributed by atoms with Gasteiger partial charge in [0.25, 0.3) is 0 Å². The van der Waals surface area contributed by atoms with Crippen LogP contribution < -0.4 is 5.32 Å². The predicted molar refractivity (Wildman–Crippen MR) is 92.6 cm³/mol. The number of carbonyl (C=O) groups excluding carboxylic acids is 1. The van der Waals surface area contributed by atoms with E-state index in [1.54, 1.807) is 7.05 Å². The van der Waals surface area contributed by atoms with Gasteiger partial charge in [0.05, 0.1) is 6.61 Å². The summed E-state index contributed by atoms with van der Waals surface area (Å²) in [6.07, 6.45) is 2.43. The lowest BCUT2D eigenvalue weighted by Gasteiger charge is -2.23. The van der Waals surface area contributed by atoms with Crippen molar-refractivity contribution < 1.29 is 9.53 Å². The first kappa shape index (κ1) is 19.5. The van der Waals surface area contributed by atoms with E-state index in [1.807, 2.05) is 6.92 Å². The Bertz CT molecular complexity index is 332. The van der Waals surface area contributed by atoms with Crippen LogP contribution in [-0.2, 0) is 9.53 Å². The highest BCUT2D eigenvalue weighted by Gasteiger charge is 2.30. The molecule has 0 aromatic heterocycles. The van der Waals surface area contributed by atoms with Crippen LogP contribution >= 0.6 is 24.0 Å². The standard InChI is InChI=1S/C14H27N3O2.HI/c1-5-19-12(18)7-6-9-16-13(15-4)17-10-8-14(2,3)11-17;/h5-11H2,1-4H3,(H,15,16);1H. The van der Waals surface area contributed by atoms with Gasteiger partial charge in [0.15, 0.2) is 5.96 Å². The van der Waals surface area contributed by atoms with Gasteiger partial charge in [0.2, 0.25) is 0 Å². The summed E-state index contributed by atoms with van der Waals surface area (Å²) in [5.74, 6) is 0.816. The van der Waals surface area contributed by atoms with Gasteiger partial charge in [0, 0.05) is 33.1 Å². The van der Waals surface area contributed by atoms with Crippen molar-refractivity contribution in [2.75, 3.05) is 33.3 Å². The molecule has 0 aromatic carbocycles. The van der Waals surface area contributed by atoms with Crippen LogP contribution in [-0.4, -0.2) is 50.1 Å². The first-order valence-electron chi connectivity index (χ1n) is 7.10. The second kappa shape index (κ2) is 9.41. The minimum absolute atomic E-state index is 0. The zero-order chi connectivity index (χ0) is 14.3. The molecule has 0 aromatic rings. The number of hydrogen-bond donors (Lipinski definition) is 1. The van der Waals surface area contributed by atoms with Crippen LogP contribution in [0.15, 0.2) is 4.99 Å². The van der Waals surface area contributed by atoms with E-state index in [-0.39, 0.29) is 29.9 Å². The molecule has 1 heterocycles. The van der Waals surface area contributed by atoms with Gasteiger partial charge in [-0.3, -0.25) is 9.79 Å². The number of hydrogen-bond acceptors (Lipinski definition) is 3. The molecule has 1 fully saturated rings. The van der Waals surface area contributed by atoms with Crippen LogP contribution in [0.1, 0.15) is 40.0 Å². The van der Waals surface area contributed by atoms with Crippen molar-refractivity contribution in [3.05, 3.63) is 0 Å². The maximum absolute atomic E-state index is 11.2. The quantitative estimate of drug-likeness (QED) is 0.254. The molecule has 0 radical (unpaired) electrons. The van der Waals surface area contributed by atoms with E-state index >= 15 is 0 Å². The molecule has 20 heavy (non-hydrogen) atoms. The molecule has 1 saturated heterocycles. The summed E-state index contributed by atoms with van der Waals surface area (Å²) in [6, 6.07) is 0. The molecule has 1 aliphatic heterocycles. The number of rotatable bonds is 5. The van der Waals surface area contributed by atoms with E-state index < -0.39 is 0 Å². The molecule has 0 atom stereocenters. The number of nitrogens with one attached hydrogen (secondary N) is 1. The predicted octanol–water partition coefficient (Wildman–Crippen LogP) is 2.26. The van der Waals surface area contributed by atoms with Crippen molar-refractivity contribution in [3.8, 4) is 0 Å². The average molecular weight is 397 g/mol. The van der Waals surface area contributed by atoms with Crippen molar-refractivity contribution in [1.82, 2.24) is 10.2 Å². The number of nitrogens with zero attached hydrogens (tertiary/aromatic N) is 2. The lowest BCUT2D eigenvalue weighted by atomic mass is 9.93. The minimum Gasteiger partial charge on any atom is -0.466 e. The highest BCUT2D eigenvalue weighted by molar-refractivity contribution is 14.0. The van der Waals surface area contributed by atoms with Gasteiger partial charge < -0.3 is 15.0 Å². The molecule has 118 valence electrons. The molecule has 0 amide bonds. The molecule has 6 heteroatoms. The topological polar surface area (TPSA) is 53.9 Å². The number of halogens is 1. The third-order valence-electron chi connectivity index (χ3n) is 3.33. The summed E-state index contributed by atoms with van der Waals surface area (Å²) in [7, 11) is 1.80. The van der Waals surface area contributed by atoms with Crippen molar-refractivity contribution in [3.63, 3.8) is 0 Å². The fraction of sp³-hybridized carbons (Fsp3) is 0.857. The van der Waals surface area contributed by atoms with E-state index in [0.29, 0.717) is 18.4 Å². The molecule has 0 unspecified atom stereocenters. The van der Waals surface area contributed by atoms with Gasteiger partial charge >= 0.3 is 5.97 Å². The fourth-order valence-electron chi connectivity index (χ4n) is 2.29. The molecule has 1 N–H and O–H groups in total. The Morgan fingerprint density at radius 2 is 2.15 bits per heavy atom. The molecular formula is C14H28IN3O2. The van der Waals surface area contributed by atoms with Crippen LogP contribution in [0.3, 0.4) is 0 Å². The van der Waals surface area contributed by atoms with Gasteiger partial charge in [-0.2, -0.15) is 0 Å². The Morgan fingerprint density at radius 3 is 2.65 bits per heavy atom. The number of guanidine groups is 1. The van der Waals surface area contributed by atoms with Crippen LogP contribution in [0.4, 0.5) is 0 Å². The van der Waals surface area contributed by atoms with Crippen LogP contribution in [0.2, 0.25) is 0 Å². The molecule has 0 saturated carbocycles. The molecule has 0 spiro atoms. The SMILES string of the molecule is CCOC(=O)CCCNC(=NC)N1CCC(C)(C)C1.I. The normalized spacial score (nSPS) is 17.6. The fourth-order valence-corrected chi connectivity index (χ4v) is 2.29. The van der Waals surface area contributed by atoms with Gasteiger partial charge in [0.1, 0.15) is 0 Å². The van der Waals surface area contributed by atoms with E-state index in [1.165, 1.54) is 6.42 Å². The maximum atomic E-state index is 11.2. The molecular weight excluding hydrogens is 369 g/mol. The number of carbonyl (C=O) groups is 1. The Balaban J connectivity index is 0.00000361. The summed E-state index contributed by atoms with van der Waals surface area (Å²) in [5, 5.41) is 3.31. The summed E-state index contributed by atoms with van der Waals surface area (Å²) >= 11 is 0. The van der Waals surface area contributed by atoms with Crippen molar-refractivity contribution >= 4 is 35.9 Å². The van der Waals surface area contributed by atoms with E-state index in [4.69, 9.17) is 4.74 Å². The third kappa shape index (κ3) is 6.76. The zero-order valence-corrected chi connectivity index (χ0v) is 15.4. The number of likely N-dealkylation sites (tertiary alicyclic amines) is 1. The minimum atomic E-state index is -0.124. The third-order valence-corrected chi connectivity index (χ3v) is 3.33. The molecule has 0 aliphatic carbocycles. The molecule has 0 bridgehead atoms. The maximum Gasteiger partial charge on any atom is 0.305 e. The van der Waals surface area contributed by atoms with E-state index in [9.17, 15) is 4.79 Å². The first-order valence-corrected chi connectivity index (χ1v) is 7.10. The van der Waals surface area contributed by atoms with Crippen molar-refractivity contribution in [1.29, 1.82) is 0 Å². The van der Waals surface area contributed by atoms with Gasteiger partial charge in [-0.05, 0) is 25.2 Å². The van der Waals surface area contributed by atoms with Crippen LogP contribution in [0, 0.1) is 5.41 Å². The van der Waals surface area contributed by atoms with E-state index in [2.05, 4.69) is 29.1 Å². The summed E-state index contributed by atoms with van der Waals surface area (Å²) in [4.78, 5) is 17.8. The second-order valence-electron chi connectivity index (χ2n) is 5.72. The Morgan fingerprint density at radius 1 is 1.45 bits per heavy atom. The monoisotopic (exact) mass is 397 g/mol. The lowest BCUT2D eigenvalue weighted by Crippen LogP contribution is -2.41. The largest absolute Gasteiger partial charge is 0.466 e. The average Bonchev–Trinajstić information content (AvgIpc) is 2.70. The summed E-state index contributed by atoms with van der Waals surface area (Å²) < 4.78 is 4.89. The smallest absolute Gasteiger partial charge is 0.305 e. The zero-order valence-electron chi connectivity index (χ0n) is 13.1. The number of ether oxygens (including phenoxy) is 1. The van der Waals surface area contributed by atoms with Crippen LogP contribution in [0.5, 0.6) is 0 Å². The Labute approximate surface area is 139 Å². The van der Waals surface area contributed by atoms with Crippen molar-refractivity contribution in [2.45, 2.75) is 40.0 Å². The Hall–Kier alpha value is -0.530. The molecule has 1 aliphatic rings. The summed E-state index contributed by atoms with van der Waals surface area (Å²) in [6.45, 7) is 9.67. The second-order valence-corrected chi connectivity index (χ2v) is 5.72. The lowest BCUT2D eigenvalue weighted by molar-refractivity contribution is -0.143. The summed E-state index contributed by atoms with van der Waals surface area (Å²) in [5.41, 5.74) is 0.364. The van der Waals surface area contributed by atoms with Gasteiger partial charge in [-0.15, -0.1) is 24.0 Å². The first-order chi connectivity index (χ1) is 8.98. The number of esters is 1. The van der Waals surface area contributed by atoms with Gasteiger partial charge in [-0.1, -0.05) is 13.8 Å². The van der Waals surface area contributed by atoms with Crippen LogP contribution in [0.25, 0.3) is 0 Å². The van der Waals surface area contributed by atoms with Gasteiger partial charge in [-0.25, -0.2) is 0 Å². The highest BCUT2D eigenvalue weighted by Crippen LogP contribution is 2.28. The highest BCUT2D eigenvalue weighted by atomic mass is 127. The molecule has 1 rings (SSSR count). The Kier molecular flexibility index (Phi) is 9.16. The number of aliphatic imine (C=N–C) groups is 1. The van der Waals surface area contributed by atoms with Crippen molar-refractivity contribution in [2.24, 2.45) is 10.4 Å². The molecule has 5 nitrogen and oxygen atoms in total. The van der Waals surface area contributed by atoms with E-state index in [0.717, 1.165) is 32.0 Å².